The van der Waals surface area contributed by atoms with E-state index >= 15 is 0 Å². The lowest BCUT2D eigenvalue weighted by atomic mass is 10.0. The van der Waals surface area contributed by atoms with Crippen LogP contribution in [0.2, 0.25) is 0 Å². The van der Waals surface area contributed by atoms with Crippen molar-refractivity contribution in [3.8, 4) is 0 Å². The summed E-state index contributed by atoms with van der Waals surface area (Å²) in [7, 11) is 0. The lowest BCUT2D eigenvalue weighted by molar-refractivity contribution is 0.554. The van der Waals surface area contributed by atoms with Gasteiger partial charge in [-0.3, -0.25) is 0 Å². The number of imidazole rings is 1. The maximum absolute atomic E-state index is 4.87. The standard InChI is InChI=1S/C16H25N3S/c1-2-15-18-19-14-12-10-8-6-4-3-5-7-9-11-13(14)17-16(19)20-15/h2-12H2,1H3. The zero-order valence-electron chi connectivity index (χ0n) is 12.5. The first-order chi connectivity index (χ1) is 9.88. The maximum Gasteiger partial charge on any atom is 0.212 e. The van der Waals surface area contributed by atoms with Gasteiger partial charge in [0.25, 0.3) is 0 Å². The Labute approximate surface area is 125 Å². The summed E-state index contributed by atoms with van der Waals surface area (Å²) in [4.78, 5) is 5.98. The summed E-state index contributed by atoms with van der Waals surface area (Å²) >= 11 is 1.76. The lowest BCUT2D eigenvalue weighted by Gasteiger charge is -2.07. The smallest absolute Gasteiger partial charge is 0.212 e. The Morgan fingerprint density at radius 2 is 1.60 bits per heavy atom. The van der Waals surface area contributed by atoms with E-state index in [0.29, 0.717) is 0 Å². The zero-order chi connectivity index (χ0) is 13.8. The van der Waals surface area contributed by atoms with Crippen LogP contribution in [-0.4, -0.2) is 14.6 Å². The lowest BCUT2D eigenvalue weighted by Crippen LogP contribution is -2.01. The van der Waals surface area contributed by atoms with Crippen molar-refractivity contribution in [2.75, 3.05) is 0 Å². The predicted octanol–water partition coefficient (Wildman–Crippen LogP) is 4.57. The number of fused-ring (bicyclic) bond motifs is 3. The van der Waals surface area contributed by atoms with Crippen LogP contribution in [0.3, 0.4) is 0 Å². The molecule has 0 unspecified atom stereocenters. The molecule has 0 atom stereocenters. The summed E-state index contributed by atoms with van der Waals surface area (Å²) in [6, 6.07) is 0. The van der Waals surface area contributed by atoms with E-state index in [9.17, 15) is 0 Å². The van der Waals surface area contributed by atoms with Crippen LogP contribution in [0.1, 0.15) is 74.7 Å². The third kappa shape index (κ3) is 3.05. The molecule has 1 aliphatic carbocycles. The number of nitrogens with zero attached hydrogens (tertiary/aromatic N) is 3. The summed E-state index contributed by atoms with van der Waals surface area (Å²) in [5, 5.41) is 5.96. The van der Waals surface area contributed by atoms with Crippen molar-refractivity contribution in [3.63, 3.8) is 0 Å². The van der Waals surface area contributed by atoms with Gasteiger partial charge in [-0.25, -0.2) is 9.50 Å². The molecule has 0 bridgehead atoms. The number of aryl methyl sites for hydroxylation is 3. The molecule has 2 aromatic heterocycles. The van der Waals surface area contributed by atoms with Crippen molar-refractivity contribution in [2.24, 2.45) is 0 Å². The molecule has 2 aromatic rings. The highest BCUT2D eigenvalue weighted by molar-refractivity contribution is 7.16. The number of hydrogen-bond donors (Lipinski definition) is 0. The van der Waals surface area contributed by atoms with Crippen LogP contribution in [0.5, 0.6) is 0 Å². The Morgan fingerprint density at radius 3 is 2.30 bits per heavy atom. The highest BCUT2D eigenvalue weighted by atomic mass is 32.1. The van der Waals surface area contributed by atoms with Crippen molar-refractivity contribution in [2.45, 2.75) is 77.6 Å². The van der Waals surface area contributed by atoms with Crippen LogP contribution >= 0.6 is 11.3 Å². The molecule has 0 saturated heterocycles. The minimum atomic E-state index is 1.02. The zero-order valence-corrected chi connectivity index (χ0v) is 13.3. The predicted molar refractivity (Wildman–Crippen MR) is 84.6 cm³/mol. The van der Waals surface area contributed by atoms with E-state index in [1.54, 1.807) is 11.3 Å². The Bertz CT molecular complexity index is 555. The van der Waals surface area contributed by atoms with Crippen LogP contribution in [0.4, 0.5) is 0 Å². The first kappa shape index (κ1) is 14.1. The third-order valence-electron chi connectivity index (χ3n) is 4.30. The third-order valence-corrected chi connectivity index (χ3v) is 5.35. The normalized spacial score (nSPS) is 18.4. The second-order valence-corrected chi connectivity index (χ2v) is 6.92. The van der Waals surface area contributed by atoms with Crippen molar-refractivity contribution >= 4 is 16.3 Å². The molecule has 0 radical (unpaired) electrons. The number of aromatic nitrogens is 3. The van der Waals surface area contributed by atoms with E-state index in [-0.39, 0.29) is 0 Å². The highest BCUT2D eigenvalue weighted by Crippen LogP contribution is 2.23. The molecule has 0 aromatic carbocycles. The minimum Gasteiger partial charge on any atom is -0.222 e. The monoisotopic (exact) mass is 291 g/mol. The van der Waals surface area contributed by atoms with Gasteiger partial charge in [0.2, 0.25) is 4.96 Å². The van der Waals surface area contributed by atoms with Crippen LogP contribution in [0.15, 0.2) is 0 Å². The number of rotatable bonds is 1. The molecular weight excluding hydrogens is 266 g/mol. The summed E-state index contributed by atoms with van der Waals surface area (Å²) in [6.07, 6.45) is 14.3. The van der Waals surface area contributed by atoms with E-state index in [4.69, 9.17) is 10.1 Å². The second-order valence-electron chi connectivity index (χ2n) is 5.88. The van der Waals surface area contributed by atoms with Crippen LogP contribution in [0.25, 0.3) is 4.96 Å². The minimum absolute atomic E-state index is 1.02. The molecule has 2 heterocycles. The van der Waals surface area contributed by atoms with Gasteiger partial charge in [-0.1, -0.05) is 56.8 Å². The molecule has 0 saturated carbocycles. The summed E-state index contributed by atoms with van der Waals surface area (Å²) < 4.78 is 2.14. The van der Waals surface area contributed by atoms with E-state index < -0.39 is 0 Å². The molecule has 20 heavy (non-hydrogen) atoms. The maximum atomic E-state index is 4.87. The molecule has 0 fully saturated rings. The summed E-state index contributed by atoms with van der Waals surface area (Å²) in [6.45, 7) is 2.17. The van der Waals surface area contributed by atoms with Gasteiger partial charge in [0.15, 0.2) is 0 Å². The van der Waals surface area contributed by atoms with Crippen LogP contribution in [-0.2, 0) is 19.3 Å². The topological polar surface area (TPSA) is 30.2 Å². The van der Waals surface area contributed by atoms with Gasteiger partial charge in [0, 0.05) is 0 Å². The largest absolute Gasteiger partial charge is 0.222 e. The molecule has 0 N–H and O–H groups in total. The quantitative estimate of drug-likeness (QED) is 0.770. The van der Waals surface area contributed by atoms with E-state index in [0.717, 1.165) is 24.2 Å². The Balaban J connectivity index is 1.86. The fraction of sp³-hybridized carbons (Fsp3) is 0.750. The van der Waals surface area contributed by atoms with Gasteiger partial charge in [0.05, 0.1) is 11.4 Å². The number of hydrogen-bond acceptors (Lipinski definition) is 3. The first-order valence-electron chi connectivity index (χ1n) is 8.24. The van der Waals surface area contributed by atoms with Crippen LogP contribution < -0.4 is 0 Å². The molecule has 0 amide bonds. The van der Waals surface area contributed by atoms with Gasteiger partial charge < -0.3 is 0 Å². The van der Waals surface area contributed by atoms with E-state index in [2.05, 4.69) is 11.4 Å². The van der Waals surface area contributed by atoms with Gasteiger partial charge in [-0.2, -0.15) is 5.10 Å². The molecular formula is C16H25N3S. The van der Waals surface area contributed by atoms with Crippen molar-refractivity contribution < 1.29 is 0 Å². The highest BCUT2D eigenvalue weighted by Gasteiger charge is 2.15. The first-order valence-corrected chi connectivity index (χ1v) is 9.06. The fourth-order valence-electron chi connectivity index (χ4n) is 3.11. The van der Waals surface area contributed by atoms with Crippen molar-refractivity contribution in [3.05, 3.63) is 16.4 Å². The van der Waals surface area contributed by atoms with Gasteiger partial charge in [0.1, 0.15) is 5.01 Å². The van der Waals surface area contributed by atoms with Gasteiger partial charge >= 0.3 is 0 Å². The second kappa shape index (κ2) is 6.70. The Kier molecular flexibility index (Phi) is 4.71. The van der Waals surface area contributed by atoms with Crippen LogP contribution in [0, 0.1) is 0 Å². The molecule has 4 heteroatoms. The Hall–Kier alpha value is -0.900. The molecule has 0 spiro atoms. The summed E-state index contributed by atoms with van der Waals surface area (Å²) in [5.41, 5.74) is 2.73. The summed E-state index contributed by atoms with van der Waals surface area (Å²) in [5.74, 6) is 0. The van der Waals surface area contributed by atoms with Gasteiger partial charge in [-0.15, -0.1) is 0 Å². The average molecular weight is 291 g/mol. The van der Waals surface area contributed by atoms with E-state index in [1.807, 2.05) is 0 Å². The van der Waals surface area contributed by atoms with E-state index in [1.165, 1.54) is 67.8 Å². The molecule has 1 aliphatic rings. The SMILES string of the molecule is CCc1nn2c3c(nc2s1)CCCCCCCCCC3. The Morgan fingerprint density at radius 1 is 0.950 bits per heavy atom. The van der Waals surface area contributed by atoms with Crippen molar-refractivity contribution in [1.29, 1.82) is 0 Å². The molecule has 110 valence electrons. The molecule has 0 aliphatic heterocycles. The molecule has 3 nitrogen and oxygen atoms in total. The average Bonchev–Trinajstić information content (AvgIpc) is 2.97. The van der Waals surface area contributed by atoms with Gasteiger partial charge in [-0.05, 0) is 32.1 Å². The van der Waals surface area contributed by atoms with Crippen molar-refractivity contribution in [1.82, 2.24) is 14.6 Å². The molecule has 3 rings (SSSR count). The fourth-order valence-corrected chi connectivity index (χ4v) is 3.98.